The largest absolute Gasteiger partial charge is 0.416 e. The molecule has 136 valence electrons. The molecule has 0 aliphatic rings. The molecule has 1 N–H and O–H groups in total. The second-order valence-corrected chi connectivity index (χ2v) is 6.87. The number of sulfone groups is 1. The lowest BCUT2D eigenvalue weighted by Crippen LogP contribution is -2.25. The molecular formula is C11H7F8NO2S2. The highest BCUT2D eigenvalue weighted by Gasteiger charge is 2.37. The molecule has 0 aliphatic heterocycles. The Kier molecular flexibility index (Phi) is 5.81. The van der Waals surface area contributed by atoms with Crippen molar-refractivity contribution in [2.75, 3.05) is 11.1 Å². The summed E-state index contributed by atoms with van der Waals surface area (Å²) in [7, 11) is -4.98. The highest BCUT2D eigenvalue weighted by molar-refractivity contribution is 7.94. The smallest absolute Gasteiger partial charge is 0.349 e. The second-order valence-electron chi connectivity index (χ2n) is 4.41. The summed E-state index contributed by atoms with van der Waals surface area (Å²) in [5.74, 6) is -5.22. The summed E-state index contributed by atoms with van der Waals surface area (Å²) < 4.78 is 122. The van der Waals surface area contributed by atoms with Crippen molar-refractivity contribution in [1.82, 2.24) is 0 Å². The number of alkyl halides is 8. The van der Waals surface area contributed by atoms with Gasteiger partial charge in [0.2, 0.25) is 9.84 Å². The van der Waals surface area contributed by atoms with E-state index in [9.17, 15) is 43.5 Å². The standard InChI is InChI=1S/C11H7F8NO2S2/c12-9(13)24(21,22)4-8(23)20-7-2-5(10(14,15)16)1-6(3-7)11(17,18)19/h1-3,9H,4H2,(H,20,23). The number of rotatable bonds is 4. The molecule has 0 unspecified atom stereocenters. The van der Waals surface area contributed by atoms with Gasteiger partial charge in [-0.25, -0.2) is 8.42 Å². The van der Waals surface area contributed by atoms with Crippen LogP contribution in [0.15, 0.2) is 18.2 Å². The van der Waals surface area contributed by atoms with Gasteiger partial charge in [-0.15, -0.1) is 0 Å². The topological polar surface area (TPSA) is 46.2 Å². The normalized spacial score (nSPS) is 13.2. The van der Waals surface area contributed by atoms with Crippen molar-refractivity contribution in [3.63, 3.8) is 0 Å². The fourth-order valence-electron chi connectivity index (χ4n) is 1.47. The summed E-state index contributed by atoms with van der Waals surface area (Å²) in [5.41, 5.74) is -4.16. The summed E-state index contributed by atoms with van der Waals surface area (Å²) in [6.45, 7) is 0. The highest BCUT2D eigenvalue weighted by Crippen LogP contribution is 2.37. The Labute approximate surface area is 135 Å². The Morgan fingerprint density at radius 1 is 1.00 bits per heavy atom. The number of thiocarbonyl (C=S) groups is 1. The zero-order valence-corrected chi connectivity index (χ0v) is 12.8. The Hall–Kier alpha value is -1.50. The first kappa shape index (κ1) is 20.5. The molecular weight excluding hydrogens is 394 g/mol. The Bertz CT molecular complexity index is 692. The quantitative estimate of drug-likeness (QED) is 0.610. The summed E-state index contributed by atoms with van der Waals surface area (Å²) in [6.07, 6.45) is -10.2. The maximum Gasteiger partial charge on any atom is 0.416 e. The van der Waals surface area contributed by atoms with Crippen molar-refractivity contribution >= 4 is 32.7 Å². The van der Waals surface area contributed by atoms with E-state index in [2.05, 4.69) is 12.2 Å². The molecule has 0 bridgehead atoms. The van der Waals surface area contributed by atoms with Crippen LogP contribution in [0.5, 0.6) is 0 Å². The number of hydrogen-bond donors (Lipinski definition) is 1. The van der Waals surface area contributed by atoms with Gasteiger partial charge in [0, 0.05) is 5.69 Å². The van der Waals surface area contributed by atoms with Crippen molar-refractivity contribution in [2.45, 2.75) is 18.1 Å². The average Bonchev–Trinajstić information content (AvgIpc) is 2.35. The predicted molar refractivity (Wildman–Crippen MR) is 72.5 cm³/mol. The summed E-state index contributed by atoms with van der Waals surface area (Å²) in [4.78, 5) is -0.872. The van der Waals surface area contributed by atoms with E-state index >= 15 is 0 Å². The molecule has 1 aromatic rings. The molecule has 0 amide bonds. The fourth-order valence-corrected chi connectivity index (χ4v) is 2.64. The second kappa shape index (κ2) is 6.78. The van der Waals surface area contributed by atoms with Crippen LogP contribution in [0.4, 0.5) is 40.8 Å². The third-order valence-corrected chi connectivity index (χ3v) is 4.14. The molecule has 0 heterocycles. The molecule has 0 atom stereocenters. The number of benzene rings is 1. The lowest BCUT2D eigenvalue weighted by Gasteiger charge is -2.15. The summed E-state index contributed by atoms with van der Waals surface area (Å²) in [5, 5.41) is 1.80. The van der Waals surface area contributed by atoms with Crippen LogP contribution in [0, 0.1) is 0 Å². The van der Waals surface area contributed by atoms with Gasteiger partial charge >= 0.3 is 18.1 Å². The zero-order valence-electron chi connectivity index (χ0n) is 11.2. The Balaban J connectivity index is 3.18. The van der Waals surface area contributed by atoms with Crippen molar-refractivity contribution < 1.29 is 43.5 Å². The van der Waals surface area contributed by atoms with Gasteiger partial charge in [0.1, 0.15) is 5.75 Å². The first-order valence-corrected chi connectivity index (χ1v) is 7.84. The molecule has 0 aliphatic carbocycles. The van der Waals surface area contributed by atoms with Crippen molar-refractivity contribution in [2.24, 2.45) is 0 Å². The monoisotopic (exact) mass is 401 g/mol. The molecule has 0 spiro atoms. The molecule has 0 saturated heterocycles. The van der Waals surface area contributed by atoms with E-state index in [4.69, 9.17) is 0 Å². The Morgan fingerprint density at radius 3 is 1.75 bits per heavy atom. The first-order valence-electron chi connectivity index (χ1n) is 5.72. The molecule has 3 nitrogen and oxygen atoms in total. The van der Waals surface area contributed by atoms with Crippen molar-refractivity contribution in [3.8, 4) is 0 Å². The van der Waals surface area contributed by atoms with Crippen molar-refractivity contribution in [1.29, 1.82) is 0 Å². The van der Waals surface area contributed by atoms with Gasteiger partial charge in [0.15, 0.2) is 0 Å². The fraction of sp³-hybridized carbons (Fsp3) is 0.364. The third kappa shape index (κ3) is 5.54. The van der Waals surface area contributed by atoms with Crippen LogP contribution in [0.1, 0.15) is 11.1 Å². The van der Waals surface area contributed by atoms with Gasteiger partial charge in [0.25, 0.3) is 0 Å². The van der Waals surface area contributed by atoms with Gasteiger partial charge < -0.3 is 5.32 Å². The molecule has 1 aromatic carbocycles. The molecule has 1 rings (SSSR count). The number of hydrogen-bond acceptors (Lipinski definition) is 3. The number of nitrogens with one attached hydrogen (secondary N) is 1. The van der Waals surface area contributed by atoms with E-state index in [1.807, 2.05) is 0 Å². The van der Waals surface area contributed by atoms with Crippen molar-refractivity contribution in [3.05, 3.63) is 29.3 Å². The van der Waals surface area contributed by atoms with Crippen LogP contribution in [0.25, 0.3) is 0 Å². The van der Waals surface area contributed by atoms with Gasteiger partial charge in [-0.05, 0) is 18.2 Å². The zero-order chi connectivity index (χ0) is 18.9. The minimum absolute atomic E-state index is 0.149. The lowest BCUT2D eigenvalue weighted by atomic mass is 10.1. The van der Waals surface area contributed by atoms with Crippen LogP contribution >= 0.6 is 12.2 Å². The van der Waals surface area contributed by atoms with Crippen LogP contribution in [-0.4, -0.2) is 24.9 Å². The maximum absolute atomic E-state index is 12.6. The molecule has 13 heteroatoms. The van der Waals surface area contributed by atoms with E-state index < -0.39 is 55.5 Å². The van der Waals surface area contributed by atoms with Gasteiger partial charge in [0.05, 0.1) is 16.1 Å². The number of halogens is 8. The summed E-state index contributed by atoms with van der Waals surface area (Å²) in [6, 6.07) is 0.344. The minimum Gasteiger partial charge on any atom is -0.349 e. The highest BCUT2D eigenvalue weighted by atomic mass is 32.2. The summed E-state index contributed by atoms with van der Waals surface area (Å²) >= 11 is 4.39. The maximum atomic E-state index is 12.6. The van der Waals surface area contributed by atoms with E-state index in [-0.39, 0.29) is 18.2 Å². The molecule has 0 aromatic heterocycles. The minimum atomic E-state index is -5.12. The van der Waals surface area contributed by atoms with Gasteiger partial charge in [-0.2, -0.15) is 35.1 Å². The van der Waals surface area contributed by atoms with E-state index in [1.54, 1.807) is 5.32 Å². The average molecular weight is 401 g/mol. The Morgan fingerprint density at radius 2 is 1.42 bits per heavy atom. The SMILES string of the molecule is O=S(=O)(CC(=S)Nc1cc(C(F)(F)F)cc(C(F)(F)F)c1)C(F)F. The van der Waals surface area contributed by atoms with E-state index in [1.165, 1.54) is 0 Å². The molecule has 0 radical (unpaired) electrons. The molecule has 0 fully saturated rings. The van der Waals surface area contributed by atoms with Crippen LogP contribution in [0.3, 0.4) is 0 Å². The van der Waals surface area contributed by atoms with E-state index in [0.717, 1.165) is 0 Å². The van der Waals surface area contributed by atoms with Crippen LogP contribution in [-0.2, 0) is 22.2 Å². The predicted octanol–water partition coefficient (Wildman–Crippen LogP) is 4.10. The first-order chi connectivity index (χ1) is 10.6. The van der Waals surface area contributed by atoms with Gasteiger partial charge in [-0.3, -0.25) is 0 Å². The molecule has 0 saturated carbocycles. The van der Waals surface area contributed by atoms with Crippen LogP contribution in [0.2, 0.25) is 0 Å². The molecule has 24 heavy (non-hydrogen) atoms. The lowest BCUT2D eigenvalue weighted by molar-refractivity contribution is -0.143. The van der Waals surface area contributed by atoms with E-state index in [0.29, 0.717) is 0 Å². The third-order valence-electron chi connectivity index (χ3n) is 2.48. The number of anilines is 1. The van der Waals surface area contributed by atoms with Gasteiger partial charge in [-0.1, -0.05) is 12.2 Å². The van der Waals surface area contributed by atoms with Crippen LogP contribution < -0.4 is 5.32 Å².